The molecule has 0 bridgehead atoms. The second-order valence-corrected chi connectivity index (χ2v) is 6.92. The van der Waals surface area contributed by atoms with Gasteiger partial charge in [-0.05, 0) is 26.0 Å². The minimum absolute atomic E-state index is 0.0375. The van der Waals surface area contributed by atoms with Crippen molar-refractivity contribution >= 4 is 33.7 Å². The SMILES string of the molecule is CC(=O)c1cccc(NC(=O)c2sc3nnc(C(C)C)n3c2C)c1. The van der Waals surface area contributed by atoms with Crippen molar-refractivity contribution in [3.8, 4) is 0 Å². The van der Waals surface area contributed by atoms with Crippen molar-refractivity contribution in [2.75, 3.05) is 5.32 Å². The van der Waals surface area contributed by atoms with Crippen LogP contribution in [0.25, 0.3) is 4.96 Å². The molecule has 124 valence electrons. The molecule has 1 aromatic carbocycles. The molecule has 7 heteroatoms. The quantitative estimate of drug-likeness (QED) is 0.734. The number of aromatic nitrogens is 3. The normalized spacial score (nSPS) is 11.2. The molecule has 0 atom stereocenters. The number of amides is 1. The van der Waals surface area contributed by atoms with E-state index in [0.29, 0.717) is 21.1 Å². The van der Waals surface area contributed by atoms with Gasteiger partial charge in [-0.2, -0.15) is 0 Å². The number of Topliss-reactive ketones (excluding diaryl/α,β-unsaturated/α-hetero) is 1. The third-order valence-corrected chi connectivity index (χ3v) is 4.90. The van der Waals surface area contributed by atoms with Gasteiger partial charge >= 0.3 is 0 Å². The molecular weight excluding hydrogens is 324 g/mol. The molecule has 0 fully saturated rings. The molecular formula is C17H18N4O2S. The number of ketones is 1. The van der Waals surface area contributed by atoms with Crippen LogP contribution in [0.5, 0.6) is 0 Å². The Bertz CT molecular complexity index is 939. The maximum Gasteiger partial charge on any atom is 0.267 e. The number of benzene rings is 1. The largest absolute Gasteiger partial charge is 0.321 e. The number of carbonyl (C=O) groups excluding carboxylic acids is 2. The van der Waals surface area contributed by atoms with Crippen LogP contribution in [0.4, 0.5) is 5.69 Å². The molecule has 0 aliphatic carbocycles. The summed E-state index contributed by atoms with van der Waals surface area (Å²) in [4.78, 5) is 25.4. The minimum Gasteiger partial charge on any atom is -0.321 e. The van der Waals surface area contributed by atoms with Gasteiger partial charge in [-0.25, -0.2) is 0 Å². The van der Waals surface area contributed by atoms with Gasteiger partial charge in [0.15, 0.2) is 5.78 Å². The second-order valence-electron chi connectivity index (χ2n) is 5.94. The lowest BCUT2D eigenvalue weighted by molar-refractivity contribution is 0.101. The van der Waals surface area contributed by atoms with Gasteiger partial charge in [-0.15, -0.1) is 10.2 Å². The summed E-state index contributed by atoms with van der Waals surface area (Å²) in [6.45, 7) is 7.47. The van der Waals surface area contributed by atoms with Crippen LogP contribution in [-0.2, 0) is 0 Å². The van der Waals surface area contributed by atoms with Crippen molar-refractivity contribution in [3.63, 3.8) is 0 Å². The molecule has 1 N–H and O–H groups in total. The van der Waals surface area contributed by atoms with Gasteiger partial charge in [0.2, 0.25) is 4.96 Å². The molecule has 6 nitrogen and oxygen atoms in total. The number of hydrogen-bond acceptors (Lipinski definition) is 5. The van der Waals surface area contributed by atoms with Crippen LogP contribution in [0, 0.1) is 6.92 Å². The van der Waals surface area contributed by atoms with Crippen LogP contribution in [0.15, 0.2) is 24.3 Å². The van der Waals surface area contributed by atoms with Crippen LogP contribution >= 0.6 is 11.3 Å². The Morgan fingerprint density at radius 3 is 2.67 bits per heavy atom. The molecule has 1 amide bonds. The lowest BCUT2D eigenvalue weighted by atomic mass is 10.1. The van der Waals surface area contributed by atoms with Crippen molar-refractivity contribution in [1.82, 2.24) is 14.6 Å². The summed E-state index contributed by atoms with van der Waals surface area (Å²) in [7, 11) is 0. The maximum absolute atomic E-state index is 12.6. The summed E-state index contributed by atoms with van der Waals surface area (Å²) in [5.74, 6) is 0.816. The van der Waals surface area contributed by atoms with Gasteiger partial charge in [0.05, 0.1) is 0 Å². The smallest absolute Gasteiger partial charge is 0.267 e. The van der Waals surface area contributed by atoms with Crippen molar-refractivity contribution in [1.29, 1.82) is 0 Å². The molecule has 0 aliphatic rings. The zero-order chi connectivity index (χ0) is 17.4. The molecule has 0 unspecified atom stereocenters. The number of hydrogen-bond donors (Lipinski definition) is 1. The minimum atomic E-state index is -0.210. The van der Waals surface area contributed by atoms with Crippen molar-refractivity contribution in [3.05, 3.63) is 46.2 Å². The summed E-state index contributed by atoms with van der Waals surface area (Å²) in [6, 6.07) is 6.92. The summed E-state index contributed by atoms with van der Waals surface area (Å²) < 4.78 is 1.93. The van der Waals surface area contributed by atoms with E-state index in [2.05, 4.69) is 15.5 Å². The number of rotatable bonds is 4. The van der Waals surface area contributed by atoms with Crippen molar-refractivity contribution < 1.29 is 9.59 Å². The molecule has 0 radical (unpaired) electrons. The molecule has 0 saturated carbocycles. The predicted molar refractivity (Wildman–Crippen MR) is 94.1 cm³/mol. The summed E-state index contributed by atoms with van der Waals surface area (Å²) in [5, 5.41) is 11.2. The van der Waals surface area contributed by atoms with E-state index >= 15 is 0 Å². The molecule has 0 saturated heterocycles. The van der Waals surface area contributed by atoms with E-state index in [9.17, 15) is 9.59 Å². The van der Waals surface area contributed by atoms with Crippen molar-refractivity contribution in [2.24, 2.45) is 0 Å². The molecule has 24 heavy (non-hydrogen) atoms. The molecule has 2 aromatic heterocycles. The van der Waals surface area contributed by atoms with Crippen LogP contribution in [0.1, 0.15) is 58.2 Å². The summed E-state index contributed by atoms with van der Waals surface area (Å²) >= 11 is 1.31. The van der Waals surface area contributed by atoms with E-state index in [0.717, 1.165) is 11.5 Å². The van der Waals surface area contributed by atoms with E-state index in [1.807, 2.05) is 25.2 Å². The fraction of sp³-hybridized carbons (Fsp3) is 0.294. The topological polar surface area (TPSA) is 76.4 Å². The second kappa shape index (κ2) is 6.16. The molecule has 0 aliphatic heterocycles. The highest BCUT2D eigenvalue weighted by Gasteiger charge is 2.21. The lowest BCUT2D eigenvalue weighted by Crippen LogP contribution is -2.13. The Morgan fingerprint density at radius 2 is 2.00 bits per heavy atom. The van der Waals surface area contributed by atoms with E-state index in [1.54, 1.807) is 24.3 Å². The van der Waals surface area contributed by atoms with Gasteiger partial charge in [0.1, 0.15) is 10.7 Å². The fourth-order valence-electron chi connectivity index (χ4n) is 2.52. The van der Waals surface area contributed by atoms with Crippen LogP contribution in [0.3, 0.4) is 0 Å². The lowest BCUT2D eigenvalue weighted by Gasteiger charge is -2.06. The molecule has 0 spiro atoms. The van der Waals surface area contributed by atoms with Gasteiger partial charge in [0.25, 0.3) is 5.91 Å². The number of nitrogens with one attached hydrogen (secondary N) is 1. The van der Waals surface area contributed by atoms with Crippen LogP contribution in [-0.4, -0.2) is 26.3 Å². The number of fused-ring (bicyclic) bond motifs is 1. The van der Waals surface area contributed by atoms with Crippen LogP contribution in [0.2, 0.25) is 0 Å². The standard InChI is InChI=1S/C17H18N4O2S/c1-9(2)15-19-20-17-21(15)10(3)14(24-17)16(23)18-13-7-5-6-12(8-13)11(4)22/h5-9H,1-4H3,(H,18,23). The number of nitrogens with zero attached hydrogens (tertiary/aromatic N) is 3. The third kappa shape index (κ3) is 2.82. The monoisotopic (exact) mass is 342 g/mol. The Hall–Kier alpha value is -2.54. The molecule has 3 rings (SSSR count). The van der Waals surface area contributed by atoms with Gasteiger partial charge < -0.3 is 5.32 Å². The highest BCUT2D eigenvalue weighted by molar-refractivity contribution is 7.19. The first-order chi connectivity index (χ1) is 11.4. The first kappa shape index (κ1) is 16.3. The van der Waals surface area contributed by atoms with Gasteiger partial charge in [-0.1, -0.05) is 37.3 Å². The number of thiazole rings is 1. The van der Waals surface area contributed by atoms with E-state index < -0.39 is 0 Å². The molecule has 3 aromatic rings. The van der Waals surface area contributed by atoms with Crippen LogP contribution < -0.4 is 5.32 Å². The third-order valence-electron chi connectivity index (χ3n) is 3.77. The first-order valence-electron chi connectivity index (χ1n) is 7.65. The maximum atomic E-state index is 12.6. The highest BCUT2D eigenvalue weighted by atomic mass is 32.1. The average Bonchev–Trinajstić information content (AvgIpc) is 3.08. The van der Waals surface area contributed by atoms with E-state index in [1.165, 1.54) is 18.3 Å². The average molecular weight is 342 g/mol. The predicted octanol–water partition coefficient (Wildman–Crippen LogP) is 3.68. The van der Waals surface area contributed by atoms with Gasteiger partial charge in [0, 0.05) is 22.9 Å². The molecule has 2 heterocycles. The Morgan fingerprint density at radius 1 is 1.25 bits per heavy atom. The Kier molecular flexibility index (Phi) is 4.19. The number of anilines is 1. The van der Waals surface area contributed by atoms with E-state index in [4.69, 9.17) is 0 Å². The number of carbonyl (C=O) groups is 2. The first-order valence-corrected chi connectivity index (χ1v) is 8.47. The van der Waals surface area contributed by atoms with Gasteiger partial charge in [-0.3, -0.25) is 14.0 Å². The summed E-state index contributed by atoms with van der Waals surface area (Å²) in [5.41, 5.74) is 1.99. The fourth-order valence-corrected chi connectivity index (χ4v) is 3.49. The van der Waals surface area contributed by atoms with Crippen molar-refractivity contribution in [2.45, 2.75) is 33.6 Å². The zero-order valence-electron chi connectivity index (χ0n) is 14.0. The summed E-state index contributed by atoms with van der Waals surface area (Å²) in [6.07, 6.45) is 0. The Labute approximate surface area is 143 Å². The highest BCUT2D eigenvalue weighted by Crippen LogP contribution is 2.26. The Balaban J connectivity index is 1.93. The zero-order valence-corrected chi connectivity index (χ0v) is 14.8. The number of aryl methyl sites for hydroxylation is 1. The van der Waals surface area contributed by atoms with E-state index in [-0.39, 0.29) is 17.6 Å².